The highest BCUT2D eigenvalue weighted by atomic mass is 35.5. The van der Waals surface area contributed by atoms with Gasteiger partial charge >= 0.3 is 0 Å². The highest BCUT2D eigenvalue weighted by molar-refractivity contribution is 6.30. The molecule has 0 radical (unpaired) electrons. The average Bonchev–Trinajstić information content (AvgIpc) is 3.25. The lowest BCUT2D eigenvalue weighted by Gasteiger charge is -2.13. The molecule has 0 amide bonds. The van der Waals surface area contributed by atoms with Crippen molar-refractivity contribution in [3.8, 4) is 5.69 Å². The molecular formula is C16H16ClFN2O. The second-order valence-corrected chi connectivity index (χ2v) is 5.84. The number of benzene rings is 1. The van der Waals surface area contributed by atoms with E-state index >= 15 is 0 Å². The fraction of sp³-hybridized carbons (Fsp3) is 0.312. The summed E-state index contributed by atoms with van der Waals surface area (Å²) >= 11 is 5.84. The second kappa shape index (κ2) is 5.62. The van der Waals surface area contributed by atoms with Crippen LogP contribution in [0.25, 0.3) is 5.69 Å². The number of hydrogen-bond donors (Lipinski definition) is 1. The van der Waals surface area contributed by atoms with E-state index in [0.29, 0.717) is 18.2 Å². The lowest BCUT2D eigenvalue weighted by atomic mass is 10.2. The molecule has 110 valence electrons. The summed E-state index contributed by atoms with van der Waals surface area (Å²) in [6.45, 7) is 2.40. The summed E-state index contributed by atoms with van der Waals surface area (Å²) in [4.78, 5) is 12.0. The zero-order valence-electron chi connectivity index (χ0n) is 11.7. The van der Waals surface area contributed by atoms with Crippen LogP contribution < -0.4 is 10.7 Å². The van der Waals surface area contributed by atoms with Gasteiger partial charge in [-0.25, -0.2) is 4.39 Å². The van der Waals surface area contributed by atoms with Gasteiger partial charge in [0.05, 0.1) is 5.02 Å². The molecule has 1 fully saturated rings. The second-order valence-electron chi connectivity index (χ2n) is 5.43. The summed E-state index contributed by atoms with van der Waals surface area (Å²) in [5.74, 6) is -0.449. The van der Waals surface area contributed by atoms with E-state index in [1.54, 1.807) is 24.4 Å². The van der Waals surface area contributed by atoms with Gasteiger partial charge in [0, 0.05) is 41.8 Å². The van der Waals surface area contributed by atoms with E-state index in [-0.39, 0.29) is 10.5 Å². The highest BCUT2D eigenvalue weighted by Gasteiger charge is 2.20. The first-order valence-corrected chi connectivity index (χ1v) is 7.33. The molecule has 3 nitrogen and oxygen atoms in total. The predicted octanol–water partition coefficient (Wildman–Crippen LogP) is 3.19. The zero-order chi connectivity index (χ0) is 15.0. The number of aryl methyl sites for hydroxylation is 1. The van der Waals surface area contributed by atoms with Crippen molar-refractivity contribution >= 4 is 11.6 Å². The van der Waals surface area contributed by atoms with E-state index in [2.05, 4.69) is 5.32 Å². The Morgan fingerprint density at radius 2 is 2.14 bits per heavy atom. The molecule has 21 heavy (non-hydrogen) atoms. The van der Waals surface area contributed by atoms with Gasteiger partial charge in [0.2, 0.25) is 0 Å². The summed E-state index contributed by atoms with van der Waals surface area (Å²) in [6, 6.07) is 6.68. The fourth-order valence-electron chi connectivity index (χ4n) is 2.26. The first-order valence-electron chi connectivity index (χ1n) is 6.95. The number of hydrogen-bond acceptors (Lipinski definition) is 2. The number of nitrogens with one attached hydrogen (secondary N) is 1. The Kier molecular flexibility index (Phi) is 3.83. The maximum absolute atomic E-state index is 13.3. The van der Waals surface area contributed by atoms with Crippen LogP contribution in [0.1, 0.15) is 24.1 Å². The van der Waals surface area contributed by atoms with Crippen molar-refractivity contribution in [2.75, 3.05) is 0 Å². The molecule has 0 saturated heterocycles. The fourth-order valence-corrected chi connectivity index (χ4v) is 2.44. The molecule has 3 rings (SSSR count). The largest absolute Gasteiger partial charge is 0.321 e. The summed E-state index contributed by atoms with van der Waals surface area (Å²) in [5, 5.41) is 3.41. The number of rotatable bonds is 4. The monoisotopic (exact) mass is 306 g/mol. The quantitative estimate of drug-likeness (QED) is 0.941. The number of aromatic nitrogens is 1. The number of nitrogens with zero attached hydrogens (tertiary/aromatic N) is 1. The van der Waals surface area contributed by atoms with Crippen molar-refractivity contribution in [2.24, 2.45) is 0 Å². The van der Waals surface area contributed by atoms with Crippen molar-refractivity contribution in [3.05, 3.63) is 62.8 Å². The molecule has 0 unspecified atom stereocenters. The van der Waals surface area contributed by atoms with E-state index in [1.165, 1.54) is 18.9 Å². The molecule has 0 aliphatic heterocycles. The zero-order valence-corrected chi connectivity index (χ0v) is 12.5. The van der Waals surface area contributed by atoms with Crippen molar-refractivity contribution in [3.63, 3.8) is 0 Å². The van der Waals surface area contributed by atoms with Gasteiger partial charge in [-0.2, -0.15) is 0 Å². The van der Waals surface area contributed by atoms with Crippen molar-refractivity contribution < 1.29 is 4.39 Å². The van der Waals surface area contributed by atoms with Crippen LogP contribution in [0, 0.1) is 12.7 Å². The normalized spacial score (nSPS) is 14.4. The van der Waals surface area contributed by atoms with E-state index in [1.807, 2.05) is 11.5 Å². The molecule has 1 saturated carbocycles. The van der Waals surface area contributed by atoms with Crippen LogP contribution in [0.2, 0.25) is 5.02 Å². The SMILES string of the molecule is Cc1cc(=O)c(CNC2CC2)cn1-c1ccc(F)c(Cl)c1. The third-order valence-corrected chi connectivity index (χ3v) is 3.95. The van der Waals surface area contributed by atoms with Gasteiger partial charge in [-0.3, -0.25) is 4.79 Å². The van der Waals surface area contributed by atoms with Gasteiger partial charge in [0.15, 0.2) is 5.43 Å². The van der Waals surface area contributed by atoms with Gasteiger partial charge in [-0.15, -0.1) is 0 Å². The van der Waals surface area contributed by atoms with Gasteiger partial charge in [-0.05, 0) is 38.0 Å². The maximum Gasteiger partial charge on any atom is 0.186 e. The Labute approximate surface area is 127 Å². The van der Waals surface area contributed by atoms with E-state index < -0.39 is 5.82 Å². The van der Waals surface area contributed by atoms with Crippen LogP contribution in [0.5, 0.6) is 0 Å². The molecule has 1 aromatic heterocycles. The average molecular weight is 307 g/mol. The Morgan fingerprint density at radius 3 is 2.81 bits per heavy atom. The number of halogens is 2. The van der Waals surface area contributed by atoms with Crippen LogP contribution >= 0.6 is 11.6 Å². The predicted molar refractivity (Wildman–Crippen MR) is 81.6 cm³/mol. The molecule has 1 aliphatic rings. The van der Waals surface area contributed by atoms with Crippen LogP contribution in [0.4, 0.5) is 4.39 Å². The Hall–Kier alpha value is -1.65. The molecular weight excluding hydrogens is 291 g/mol. The van der Waals surface area contributed by atoms with Crippen molar-refractivity contribution in [1.29, 1.82) is 0 Å². The van der Waals surface area contributed by atoms with Crippen LogP contribution in [-0.2, 0) is 6.54 Å². The minimum atomic E-state index is -0.449. The van der Waals surface area contributed by atoms with Gasteiger partial charge in [0.1, 0.15) is 5.82 Å². The first-order chi connectivity index (χ1) is 10.0. The lowest BCUT2D eigenvalue weighted by Crippen LogP contribution is -2.22. The third-order valence-electron chi connectivity index (χ3n) is 3.66. The molecule has 1 heterocycles. The molecule has 1 aliphatic carbocycles. The maximum atomic E-state index is 13.3. The van der Waals surface area contributed by atoms with E-state index in [4.69, 9.17) is 11.6 Å². The smallest absolute Gasteiger partial charge is 0.186 e. The van der Waals surface area contributed by atoms with Gasteiger partial charge in [0.25, 0.3) is 0 Å². The summed E-state index contributed by atoms with van der Waals surface area (Å²) in [5.41, 5.74) is 2.25. The van der Waals surface area contributed by atoms with E-state index in [0.717, 1.165) is 11.4 Å². The minimum absolute atomic E-state index is 0.0186. The molecule has 0 atom stereocenters. The van der Waals surface area contributed by atoms with Crippen LogP contribution in [-0.4, -0.2) is 10.6 Å². The summed E-state index contributed by atoms with van der Waals surface area (Å²) < 4.78 is 15.1. The summed E-state index contributed by atoms with van der Waals surface area (Å²) in [7, 11) is 0. The molecule has 2 aromatic rings. The topological polar surface area (TPSA) is 34.0 Å². The summed E-state index contributed by atoms with van der Waals surface area (Å²) in [6.07, 6.45) is 4.15. The molecule has 0 spiro atoms. The van der Waals surface area contributed by atoms with Gasteiger partial charge in [-0.1, -0.05) is 11.6 Å². The van der Waals surface area contributed by atoms with E-state index in [9.17, 15) is 9.18 Å². The van der Waals surface area contributed by atoms with Crippen LogP contribution in [0.15, 0.2) is 35.3 Å². The standard InChI is InChI=1S/C16H16ClFN2O/c1-10-6-16(21)11(8-19-12-2-3-12)9-20(10)13-4-5-15(18)14(17)7-13/h4-7,9,12,19H,2-3,8H2,1H3. The lowest BCUT2D eigenvalue weighted by molar-refractivity contribution is 0.627. The van der Waals surface area contributed by atoms with Gasteiger partial charge < -0.3 is 9.88 Å². The third kappa shape index (κ3) is 3.17. The molecule has 1 N–H and O–H groups in total. The minimum Gasteiger partial charge on any atom is -0.321 e. The first kappa shape index (κ1) is 14.3. The molecule has 0 bridgehead atoms. The molecule has 1 aromatic carbocycles. The highest BCUT2D eigenvalue weighted by Crippen LogP contribution is 2.21. The van der Waals surface area contributed by atoms with Crippen LogP contribution in [0.3, 0.4) is 0 Å². The van der Waals surface area contributed by atoms with Crippen molar-refractivity contribution in [1.82, 2.24) is 9.88 Å². The molecule has 5 heteroatoms. The van der Waals surface area contributed by atoms with Crippen molar-refractivity contribution in [2.45, 2.75) is 32.4 Å². The number of pyridine rings is 1. The Balaban J connectivity index is 1.97. The Bertz CT molecular complexity index is 738. The Morgan fingerprint density at radius 1 is 1.38 bits per heavy atom.